The monoisotopic (exact) mass is 99.0 g/mol. The third-order valence-corrected chi connectivity index (χ3v) is 0.177. The van der Waals surface area contributed by atoms with Gasteiger partial charge in [-0.15, -0.1) is 0 Å². The molecule has 0 bridgehead atoms. The zero-order chi connectivity index (χ0) is 4.28. The van der Waals surface area contributed by atoms with Crippen molar-refractivity contribution in [3.8, 4) is 0 Å². The van der Waals surface area contributed by atoms with E-state index >= 15 is 0 Å². The van der Waals surface area contributed by atoms with Gasteiger partial charge in [-0.1, -0.05) is 4.73 Å². The maximum Gasteiger partial charge on any atom is 0.399 e. The summed E-state index contributed by atoms with van der Waals surface area (Å²) in [5.74, 6) is 0. The molecule has 1 N–H and O–H groups in total. The highest BCUT2D eigenvalue weighted by molar-refractivity contribution is 7.31. The first kappa shape index (κ1) is 4.95. The highest BCUT2D eigenvalue weighted by Crippen LogP contribution is 2.12. The van der Waals surface area contributed by atoms with Crippen LogP contribution in [0.5, 0.6) is 0 Å². The Hall–Kier alpha value is -0.0500. The van der Waals surface area contributed by atoms with Crippen LogP contribution in [-0.2, 0) is 9.29 Å². The molecule has 0 heterocycles. The first-order valence-electron chi connectivity index (χ1n) is 0.719. The third kappa shape index (κ3) is 3.95. The molecule has 0 spiro atoms. The van der Waals surface area contributed by atoms with E-state index in [0.29, 0.717) is 0 Å². The molecule has 1 radical (unpaired) electrons. The molecule has 31 valence electrons. The summed E-state index contributed by atoms with van der Waals surface area (Å²) in [6.45, 7) is 0. The fraction of sp³-hybridized carbons (Fsp3) is 0. The van der Waals surface area contributed by atoms with Crippen molar-refractivity contribution >= 4 is 8.25 Å². The quantitative estimate of drug-likeness (QED) is 0.488. The van der Waals surface area contributed by atoms with Gasteiger partial charge < -0.3 is 0 Å². The summed E-state index contributed by atoms with van der Waals surface area (Å²) >= 11 is 0. The van der Waals surface area contributed by atoms with Gasteiger partial charge >= 0.3 is 8.25 Å². The molecule has 0 aliphatic heterocycles. The van der Waals surface area contributed by atoms with Crippen LogP contribution < -0.4 is 0 Å². The summed E-state index contributed by atoms with van der Waals surface area (Å²) < 4.78 is 21.3. The van der Waals surface area contributed by atoms with Crippen molar-refractivity contribution in [3.63, 3.8) is 0 Å². The number of hydrogen-bond acceptors (Lipinski definition) is 2. The molecule has 0 aliphatic rings. The highest BCUT2D eigenvalue weighted by atomic mass is 31.1. The van der Waals surface area contributed by atoms with Crippen LogP contribution in [0, 0.1) is 0 Å². The topological polar surface area (TPSA) is 46.5 Å². The van der Waals surface area contributed by atoms with Crippen LogP contribution in [-0.4, -0.2) is 4.89 Å². The van der Waals surface area contributed by atoms with Crippen molar-refractivity contribution in [1.29, 1.82) is 0 Å². The number of hydrogen-bond donors (Lipinski definition) is 1. The van der Waals surface area contributed by atoms with Gasteiger partial charge in [-0.3, -0.25) is 4.89 Å². The number of rotatable bonds is 1. The highest BCUT2D eigenvalue weighted by Gasteiger charge is 1.84. The van der Waals surface area contributed by atoms with Gasteiger partial charge in [0.2, 0.25) is 0 Å². The molecule has 0 aliphatic carbocycles. The van der Waals surface area contributed by atoms with Gasteiger partial charge in [-0.2, -0.15) is 0 Å². The second-order valence-electron chi connectivity index (χ2n) is 0.307. The molecule has 0 saturated carbocycles. The lowest BCUT2D eigenvalue weighted by Gasteiger charge is -1.68. The summed E-state index contributed by atoms with van der Waals surface area (Å²) in [7, 11) is -3.01. The van der Waals surface area contributed by atoms with Crippen molar-refractivity contribution in [2.75, 3.05) is 0 Å². The maximum absolute atomic E-state index is 10.1. The molecular weight excluding hydrogens is 98.0 g/mol. The van der Waals surface area contributed by atoms with Crippen LogP contribution >= 0.6 is 8.25 Å². The molecule has 1 unspecified atom stereocenters. The van der Waals surface area contributed by atoms with E-state index in [2.05, 4.69) is 4.73 Å². The SMILES string of the molecule is O=[P](O)OF. The Balaban J connectivity index is 2.85. The molecule has 0 amide bonds. The fourth-order valence-corrected chi connectivity index (χ4v) is 0. The number of halogens is 1. The zero-order valence-electron chi connectivity index (χ0n) is 2.09. The minimum absolute atomic E-state index is 2.31. The van der Waals surface area contributed by atoms with Gasteiger partial charge in [0.1, 0.15) is 0 Å². The molecule has 0 rings (SSSR count). The largest absolute Gasteiger partial charge is 0.399 e. The van der Waals surface area contributed by atoms with Crippen LogP contribution in [0.1, 0.15) is 0 Å². The van der Waals surface area contributed by atoms with E-state index in [-0.39, 0.29) is 0 Å². The minimum atomic E-state index is -3.01. The molecular formula is HFO3P. The predicted molar refractivity (Wildman–Crippen MR) is 12.0 cm³/mol. The summed E-state index contributed by atoms with van der Waals surface area (Å²) in [6.07, 6.45) is 0. The smallest absolute Gasteiger partial charge is 0.297 e. The van der Waals surface area contributed by atoms with E-state index in [9.17, 15) is 4.53 Å². The lowest BCUT2D eigenvalue weighted by atomic mass is 15.6. The van der Waals surface area contributed by atoms with E-state index in [0.717, 1.165) is 0 Å². The van der Waals surface area contributed by atoms with Crippen LogP contribution in [0.3, 0.4) is 0 Å². The Morgan fingerprint density at radius 2 is 2.20 bits per heavy atom. The van der Waals surface area contributed by atoms with Gasteiger partial charge in [-0.05, 0) is 4.53 Å². The molecule has 5 heteroatoms. The molecule has 0 aromatic rings. The van der Waals surface area contributed by atoms with Crippen molar-refractivity contribution in [2.24, 2.45) is 0 Å². The summed E-state index contributed by atoms with van der Waals surface area (Å²) in [4.78, 5) is 7.27. The Bertz CT molecular complexity index is 42.2. The van der Waals surface area contributed by atoms with Crippen molar-refractivity contribution in [3.05, 3.63) is 0 Å². The van der Waals surface area contributed by atoms with Gasteiger partial charge in [0.25, 0.3) is 0 Å². The Morgan fingerprint density at radius 3 is 2.20 bits per heavy atom. The van der Waals surface area contributed by atoms with Crippen molar-refractivity contribution in [2.45, 2.75) is 0 Å². The van der Waals surface area contributed by atoms with Gasteiger partial charge in [-0.25, -0.2) is 4.57 Å². The van der Waals surface area contributed by atoms with E-state index < -0.39 is 8.25 Å². The average Bonchev–Trinajstić information content (AvgIpc) is 1.38. The first-order chi connectivity index (χ1) is 2.27. The summed E-state index contributed by atoms with van der Waals surface area (Å²) in [5, 5.41) is 0. The second-order valence-corrected chi connectivity index (χ2v) is 0.921. The molecule has 0 fully saturated rings. The van der Waals surface area contributed by atoms with Gasteiger partial charge in [0.15, 0.2) is 0 Å². The van der Waals surface area contributed by atoms with Crippen molar-refractivity contribution < 1.29 is 18.7 Å². The molecule has 0 aromatic carbocycles. The molecule has 5 heavy (non-hydrogen) atoms. The summed E-state index contributed by atoms with van der Waals surface area (Å²) in [6, 6.07) is 0. The van der Waals surface area contributed by atoms with Gasteiger partial charge in [0.05, 0.1) is 0 Å². The molecule has 0 aromatic heterocycles. The summed E-state index contributed by atoms with van der Waals surface area (Å²) in [5.41, 5.74) is 0. The fourth-order valence-electron chi connectivity index (χ4n) is 0. The first-order valence-corrected chi connectivity index (χ1v) is 1.85. The van der Waals surface area contributed by atoms with Crippen molar-refractivity contribution in [1.82, 2.24) is 0 Å². The molecule has 1 atom stereocenters. The minimum Gasteiger partial charge on any atom is -0.297 e. The Morgan fingerprint density at radius 1 is 2.00 bits per heavy atom. The van der Waals surface area contributed by atoms with E-state index in [1.165, 1.54) is 0 Å². The van der Waals surface area contributed by atoms with Gasteiger partial charge in [0, 0.05) is 0 Å². The Labute approximate surface area is 28.2 Å². The van der Waals surface area contributed by atoms with E-state index in [1.54, 1.807) is 0 Å². The molecule has 0 saturated heterocycles. The van der Waals surface area contributed by atoms with E-state index in [4.69, 9.17) is 9.46 Å². The zero-order valence-corrected chi connectivity index (χ0v) is 2.98. The standard InChI is InChI=1S/FHO3P/c1-4-5(2)3/h(H,2,3). The van der Waals surface area contributed by atoms with Crippen LogP contribution in [0.4, 0.5) is 4.53 Å². The predicted octanol–water partition coefficient (Wildman–Crippen LogP) is 0.537. The normalized spacial score (nSPS) is 11.2. The third-order valence-electron chi connectivity index (χ3n) is 0.0590. The lowest BCUT2D eigenvalue weighted by Crippen LogP contribution is -1.48. The lowest BCUT2D eigenvalue weighted by molar-refractivity contribution is -0.00917. The van der Waals surface area contributed by atoms with Crippen LogP contribution in [0.2, 0.25) is 0 Å². The Kier molecular flexibility index (Phi) is 2.18. The average molecular weight is 99.0 g/mol. The maximum atomic E-state index is 10.1. The second kappa shape index (κ2) is 2.20. The van der Waals surface area contributed by atoms with Crippen LogP contribution in [0.15, 0.2) is 0 Å². The van der Waals surface area contributed by atoms with E-state index in [1.807, 2.05) is 0 Å². The molecule has 3 nitrogen and oxygen atoms in total. The van der Waals surface area contributed by atoms with Crippen LogP contribution in [0.25, 0.3) is 0 Å².